The number of nitrogens with zero attached hydrogens (tertiary/aromatic N) is 1. The third kappa shape index (κ3) is 2.71. The molecule has 104 valence electrons. The minimum Gasteiger partial charge on any atom is -0.444 e. The van der Waals surface area contributed by atoms with Gasteiger partial charge in [-0.15, -0.1) is 0 Å². The van der Waals surface area contributed by atoms with Crippen LogP contribution < -0.4 is 10.6 Å². The molecule has 6 heteroatoms. The van der Waals surface area contributed by atoms with E-state index < -0.39 is 6.10 Å². The molecule has 0 radical (unpaired) electrons. The highest BCUT2D eigenvalue weighted by Gasteiger charge is 2.27. The molecule has 6 nitrogen and oxygen atoms in total. The molecule has 1 aliphatic heterocycles. The molecule has 1 saturated heterocycles. The van der Waals surface area contributed by atoms with Crippen LogP contribution in [0.15, 0.2) is 41.3 Å². The van der Waals surface area contributed by atoms with Crippen molar-refractivity contribution in [2.75, 3.05) is 11.9 Å². The van der Waals surface area contributed by atoms with Crippen molar-refractivity contribution in [3.05, 3.63) is 36.9 Å². The summed E-state index contributed by atoms with van der Waals surface area (Å²) in [7, 11) is 0. The largest absolute Gasteiger partial charge is 0.444 e. The smallest absolute Gasteiger partial charge is 0.241 e. The lowest BCUT2D eigenvalue weighted by atomic mass is 10.1. The van der Waals surface area contributed by atoms with Crippen molar-refractivity contribution in [1.82, 2.24) is 10.3 Å². The number of β-amino-alcohol motifs (C(OH)–C–C–N with tert-alkyl or cyclic N) is 1. The first-order chi connectivity index (χ1) is 9.72. The molecule has 2 atom stereocenters. The Hall–Kier alpha value is -2.18. The van der Waals surface area contributed by atoms with E-state index in [4.69, 9.17) is 4.42 Å². The van der Waals surface area contributed by atoms with Crippen LogP contribution in [-0.4, -0.2) is 34.7 Å². The number of aliphatic hydroxyl groups is 1. The molecule has 0 saturated carbocycles. The van der Waals surface area contributed by atoms with Crippen molar-refractivity contribution < 1.29 is 14.3 Å². The number of hydrogen-bond donors (Lipinski definition) is 3. The van der Waals surface area contributed by atoms with Crippen LogP contribution in [0.5, 0.6) is 0 Å². The summed E-state index contributed by atoms with van der Waals surface area (Å²) >= 11 is 0. The predicted molar refractivity (Wildman–Crippen MR) is 73.0 cm³/mol. The van der Waals surface area contributed by atoms with Crippen LogP contribution in [-0.2, 0) is 4.79 Å². The van der Waals surface area contributed by atoms with Gasteiger partial charge in [-0.2, -0.15) is 0 Å². The Labute approximate surface area is 115 Å². The first kappa shape index (κ1) is 12.8. The highest BCUT2D eigenvalue weighted by atomic mass is 16.3. The highest BCUT2D eigenvalue weighted by Crippen LogP contribution is 2.21. The quantitative estimate of drug-likeness (QED) is 0.776. The van der Waals surface area contributed by atoms with E-state index in [1.807, 2.05) is 12.1 Å². The van der Waals surface area contributed by atoms with Gasteiger partial charge in [-0.1, -0.05) is 0 Å². The summed E-state index contributed by atoms with van der Waals surface area (Å²) in [6, 6.07) is 6.99. The fraction of sp³-hybridized carbons (Fsp3) is 0.286. The lowest BCUT2D eigenvalue weighted by Gasteiger charge is -2.11. The Balaban J connectivity index is 1.65. The van der Waals surface area contributed by atoms with Crippen molar-refractivity contribution in [2.45, 2.75) is 18.6 Å². The topological polar surface area (TPSA) is 87.4 Å². The third-order valence-electron chi connectivity index (χ3n) is 3.29. The molecular formula is C14H15N3O3. The summed E-state index contributed by atoms with van der Waals surface area (Å²) in [6.45, 7) is 0.461. The van der Waals surface area contributed by atoms with Gasteiger partial charge in [-0.3, -0.25) is 4.79 Å². The van der Waals surface area contributed by atoms with Crippen LogP contribution in [0.3, 0.4) is 0 Å². The van der Waals surface area contributed by atoms with E-state index in [0.29, 0.717) is 24.4 Å². The summed E-state index contributed by atoms with van der Waals surface area (Å²) < 4.78 is 5.20. The molecule has 2 heterocycles. The van der Waals surface area contributed by atoms with Crippen molar-refractivity contribution in [3.8, 4) is 11.3 Å². The Morgan fingerprint density at radius 2 is 2.20 bits per heavy atom. The number of carbonyl (C=O) groups excluding carboxylic acids is 1. The molecule has 1 aromatic carbocycles. The van der Waals surface area contributed by atoms with Crippen molar-refractivity contribution in [1.29, 1.82) is 0 Å². The first-order valence-corrected chi connectivity index (χ1v) is 6.43. The number of oxazole rings is 1. The molecule has 0 spiro atoms. The summed E-state index contributed by atoms with van der Waals surface area (Å²) in [5.74, 6) is 0.553. The molecule has 2 aromatic rings. The van der Waals surface area contributed by atoms with Gasteiger partial charge in [0, 0.05) is 17.8 Å². The normalized spacial score (nSPS) is 21.9. The van der Waals surface area contributed by atoms with Gasteiger partial charge >= 0.3 is 0 Å². The van der Waals surface area contributed by atoms with Gasteiger partial charge in [-0.05, 0) is 30.7 Å². The molecular weight excluding hydrogens is 258 g/mol. The fourth-order valence-corrected chi connectivity index (χ4v) is 2.22. The minimum atomic E-state index is -0.445. The number of benzene rings is 1. The fourth-order valence-electron chi connectivity index (χ4n) is 2.22. The molecule has 3 N–H and O–H groups in total. The average molecular weight is 273 g/mol. The maximum absolute atomic E-state index is 12.0. The van der Waals surface area contributed by atoms with Crippen LogP contribution in [0.25, 0.3) is 11.3 Å². The summed E-state index contributed by atoms with van der Waals surface area (Å²) in [5.41, 5.74) is 1.61. The number of aromatic nitrogens is 1. The maximum Gasteiger partial charge on any atom is 0.241 e. The predicted octanol–water partition coefficient (Wildman–Crippen LogP) is 1.00. The van der Waals surface area contributed by atoms with Crippen molar-refractivity contribution in [2.24, 2.45) is 0 Å². The summed E-state index contributed by atoms with van der Waals surface area (Å²) in [4.78, 5) is 15.8. The summed E-state index contributed by atoms with van der Waals surface area (Å²) in [6.07, 6.45) is 3.01. The van der Waals surface area contributed by atoms with Crippen LogP contribution in [0, 0.1) is 0 Å². The molecule has 3 rings (SSSR count). The van der Waals surface area contributed by atoms with Crippen molar-refractivity contribution >= 4 is 11.6 Å². The molecule has 0 aliphatic carbocycles. The van der Waals surface area contributed by atoms with Gasteiger partial charge in [0.25, 0.3) is 0 Å². The second kappa shape index (κ2) is 5.44. The first-order valence-electron chi connectivity index (χ1n) is 6.43. The van der Waals surface area contributed by atoms with E-state index in [9.17, 15) is 9.90 Å². The van der Waals surface area contributed by atoms with E-state index in [1.54, 1.807) is 18.3 Å². The van der Waals surface area contributed by atoms with Crippen LogP contribution in [0.1, 0.15) is 6.42 Å². The number of rotatable bonds is 3. The monoisotopic (exact) mass is 273 g/mol. The second-order valence-electron chi connectivity index (χ2n) is 4.78. The number of anilines is 1. The number of hydrogen-bond acceptors (Lipinski definition) is 5. The zero-order valence-electron chi connectivity index (χ0n) is 10.7. The molecule has 0 bridgehead atoms. The third-order valence-corrected chi connectivity index (χ3v) is 3.29. The molecule has 1 fully saturated rings. The Bertz CT molecular complexity index is 580. The Kier molecular flexibility index (Phi) is 3.49. The minimum absolute atomic E-state index is 0.131. The van der Waals surface area contributed by atoms with E-state index >= 15 is 0 Å². The average Bonchev–Trinajstić information content (AvgIpc) is 3.10. The second-order valence-corrected chi connectivity index (χ2v) is 4.78. The van der Waals surface area contributed by atoms with Gasteiger partial charge in [0.2, 0.25) is 5.91 Å². The molecule has 1 amide bonds. The zero-order chi connectivity index (χ0) is 13.9. The van der Waals surface area contributed by atoms with Gasteiger partial charge in [-0.25, -0.2) is 4.98 Å². The van der Waals surface area contributed by atoms with Crippen LogP contribution in [0.4, 0.5) is 5.69 Å². The number of amides is 1. The number of carbonyl (C=O) groups is 1. The standard InChI is InChI=1S/C14H15N3O3/c18-11-5-12(16-6-11)14(19)17-10-3-1-9(2-4-10)13-7-15-8-20-13/h1-4,7-8,11-12,16,18H,5-6H2,(H,17,19). The van der Waals surface area contributed by atoms with Crippen LogP contribution in [0.2, 0.25) is 0 Å². The molecule has 1 aromatic heterocycles. The molecule has 1 aliphatic rings. The highest BCUT2D eigenvalue weighted by molar-refractivity contribution is 5.95. The van der Waals surface area contributed by atoms with Gasteiger partial charge in [0.05, 0.1) is 18.3 Å². The van der Waals surface area contributed by atoms with E-state index in [0.717, 1.165) is 5.56 Å². The van der Waals surface area contributed by atoms with Crippen molar-refractivity contribution in [3.63, 3.8) is 0 Å². The lowest BCUT2D eigenvalue weighted by molar-refractivity contribution is -0.117. The molecule has 20 heavy (non-hydrogen) atoms. The molecule has 2 unspecified atom stereocenters. The van der Waals surface area contributed by atoms with E-state index in [2.05, 4.69) is 15.6 Å². The van der Waals surface area contributed by atoms with Gasteiger partial charge < -0.3 is 20.2 Å². The maximum atomic E-state index is 12.0. The van der Waals surface area contributed by atoms with Gasteiger partial charge in [0.1, 0.15) is 0 Å². The number of aliphatic hydroxyl groups excluding tert-OH is 1. The lowest BCUT2D eigenvalue weighted by Crippen LogP contribution is -2.35. The van der Waals surface area contributed by atoms with Gasteiger partial charge in [0.15, 0.2) is 12.2 Å². The Morgan fingerprint density at radius 1 is 1.40 bits per heavy atom. The number of nitrogens with one attached hydrogen (secondary N) is 2. The van der Waals surface area contributed by atoms with E-state index in [1.165, 1.54) is 6.39 Å². The Morgan fingerprint density at radius 3 is 2.80 bits per heavy atom. The zero-order valence-corrected chi connectivity index (χ0v) is 10.7. The van der Waals surface area contributed by atoms with E-state index in [-0.39, 0.29) is 11.9 Å². The van der Waals surface area contributed by atoms with Crippen LogP contribution >= 0.6 is 0 Å². The SMILES string of the molecule is O=C(Nc1ccc(-c2cnco2)cc1)C1CC(O)CN1. The summed E-state index contributed by atoms with van der Waals surface area (Å²) in [5, 5.41) is 15.2.